The summed E-state index contributed by atoms with van der Waals surface area (Å²) in [5.74, 6) is 0.277. The van der Waals surface area contributed by atoms with Crippen LogP contribution in [0.4, 0.5) is 5.69 Å². The molecule has 1 aliphatic heterocycles. The fourth-order valence-electron chi connectivity index (χ4n) is 8.27. The summed E-state index contributed by atoms with van der Waals surface area (Å²) in [6, 6.07) is 16.8. The number of fused-ring (bicyclic) bond motifs is 2. The van der Waals surface area contributed by atoms with Gasteiger partial charge in [0.1, 0.15) is 40.0 Å². The van der Waals surface area contributed by atoms with Gasteiger partial charge in [-0.2, -0.15) is 0 Å². The van der Waals surface area contributed by atoms with E-state index in [1.807, 2.05) is 52.0 Å². The maximum atomic E-state index is 14.0. The third kappa shape index (κ3) is 14.6. The number of aromatic hydroxyl groups is 1. The highest BCUT2D eigenvalue weighted by Crippen LogP contribution is 2.37. The highest BCUT2D eigenvalue weighted by molar-refractivity contribution is 6.05. The second-order valence-corrected chi connectivity index (χ2v) is 19.8. The van der Waals surface area contributed by atoms with Gasteiger partial charge in [-0.3, -0.25) is 14.4 Å². The molecule has 0 aliphatic carbocycles. The zero-order valence-electron chi connectivity index (χ0n) is 44.1. The van der Waals surface area contributed by atoms with Crippen LogP contribution in [0, 0.1) is 13.8 Å². The summed E-state index contributed by atoms with van der Waals surface area (Å²) in [4.78, 5) is 54.0. The maximum Gasteiger partial charge on any atom is 0.360 e. The van der Waals surface area contributed by atoms with E-state index in [1.54, 1.807) is 56.5 Å². The highest BCUT2D eigenvalue weighted by atomic mass is 16.6. The van der Waals surface area contributed by atoms with Crippen LogP contribution in [0.2, 0.25) is 0 Å². The van der Waals surface area contributed by atoms with Crippen molar-refractivity contribution in [3.8, 4) is 28.7 Å². The van der Waals surface area contributed by atoms with Crippen molar-refractivity contribution in [1.82, 2.24) is 15.5 Å². The van der Waals surface area contributed by atoms with Gasteiger partial charge >= 0.3 is 11.6 Å². The number of aliphatic hydroxyl groups is 1. The molecule has 74 heavy (non-hydrogen) atoms. The molecule has 394 valence electrons. The number of amides is 2. The zero-order chi connectivity index (χ0) is 53.9. The molecule has 0 saturated carbocycles. The molecule has 2 heterocycles. The van der Waals surface area contributed by atoms with Gasteiger partial charge in [-0.25, -0.2) is 4.79 Å². The molecule has 5 aromatic rings. The number of aliphatic carboxylic acids is 1. The number of phenolic OH excluding ortho intramolecular Hbond substituents is 1. The summed E-state index contributed by atoms with van der Waals surface area (Å²) < 4.78 is 29.5. The van der Waals surface area contributed by atoms with Gasteiger partial charge in [-0.15, -0.1) is 0 Å². The van der Waals surface area contributed by atoms with Crippen LogP contribution in [0.5, 0.6) is 28.7 Å². The number of carboxylic acid groups (broad SMARTS) is 1. The van der Waals surface area contributed by atoms with Crippen LogP contribution in [0.3, 0.4) is 0 Å². The molecule has 1 aliphatic rings. The molecule has 6 rings (SSSR count). The molecule has 0 fully saturated rings. The van der Waals surface area contributed by atoms with Crippen LogP contribution < -0.4 is 40.5 Å². The van der Waals surface area contributed by atoms with Crippen molar-refractivity contribution < 1.29 is 53.1 Å². The Kier molecular flexibility index (Phi) is 18.9. The number of aliphatic hydroxyl groups excluding tert-OH is 1. The van der Waals surface area contributed by atoms with Crippen LogP contribution in [-0.4, -0.2) is 96.8 Å². The lowest BCUT2D eigenvalue weighted by molar-refractivity contribution is -0.135. The first kappa shape index (κ1) is 55.9. The zero-order valence-corrected chi connectivity index (χ0v) is 44.1. The van der Waals surface area contributed by atoms with Gasteiger partial charge in [0.2, 0.25) is 6.29 Å². The van der Waals surface area contributed by atoms with Crippen molar-refractivity contribution in [2.24, 2.45) is 0 Å². The number of phenols is 1. The molecule has 2 amide bonds. The number of anilines is 1. The minimum absolute atomic E-state index is 0.00338. The number of rotatable bonds is 23. The first-order valence-electron chi connectivity index (χ1n) is 24.7. The molecule has 16 nitrogen and oxygen atoms in total. The van der Waals surface area contributed by atoms with Crippen molar-refractivity contribution in [2.75, 3.05) is 52.3 Å². The Balaban J connectivity index is 1.14. The Hall–Kier alpha value is -7.40. The fraction of sp³-hybridized carbons (Fsp3) is 0.379. The molecule has 0 saturated heterocycles. The monoisotopic (exact) mass is 1010 g/mol. The lowest BCUT2D eigenvalue weighted by Gasteiger charge is -2.31. The quantitative estimate of drug-likeness (QED) is 0.0204. The molecular weight excluding hydrogens is 945 g/mol. The molecule has 4 aromatic carbocycles. The topological polar surface area (TPSA) is 218 Å². The van der Waals surface area contributed by atoms with Gasteiger partial charge in [0.15, 0.2) is 0 Å². The molecular formula is C58H70N4O12. The normalized spacial score (nSPS) is 13.4. The first-order chi connectivity index (χ1) is 35.1. The number of nitrogens with zero attached hydrogens (tertiary/aromatic N) is 1. The smallest absolute Gasteiger partial charge is 0.360 e. The van der Waals surface area contributed by atoms with E-state index in [0.29, 0.717) is 95.2 Å². The van der Waals surface area contributed by atoms with E-state index in [2.05, 4.69) is 48.7 Å². The van der Waals surface area contributed by atoms with Crippen LogP contribution in [0.15, 0.2) is 98.9 Å². The van der Waals surface area contributed by atoms with Gasteiger partial charge in [-0.05, 0) is 185 Å². The van der Waals surface area contributed by atoms with E-state index in [1.165, 1.54) is 12.1 Å². The molecule has 0 radical (unpaired) electrons. The van der Waals surface area contributed by atoms with Gasteiger partial charge in [0, 0.05) is 45.3 Å². The second-order valence-electron chi connectivity index (χ2n) is 19.8. The molecule has 1 atom stereocenters. The summed E-state index contributed by atoms with van der Waals surface area (Å²) >= 11 is 0. The molecule has 0 bridgehead atoms. The van der Waals surface area contributed by atoms with E-state index in [-0.39, 0.29) is 41.2 Å². The van der Waals surface area contributed by atoms with Gasteiger partial charge in [-0.1, -0.05) is 23.3 Å². The standard InChI is InChI=1S/C58H70N4O12/c1-34(2)13-15-39-29-44(55(67)61-46-32-41-18-21-48(36(4)51(41)74-57(46)69)71-25-11-23-59-33-50(64)65)30-43(53(39)70-10)27-35(3)14-16-38-28-42(17-20-47(38)63)54(66)60-45-31-40-19-22-49(37(5)52(40)73-56(45)68)72-26-12-24-62(9)58(6,7)8/h13-14,17-22,28-32,56,59,63,68H,11-12,15-16,23-27,33H2,1-10H3,(H,60,66)(H,61,67)(H,64,65). The second kappa shape index (κ2) is 25.0. The minimum atomic E-state index is -1.44. The van der Waals surface area contributed by atoms with Crippen LogP contribution in [0.25, 0.3) is 17.0 Å². The third-order valence-electron chi connectivity index (χ3n) is 12.8. The molecule has 6 N–H and O–H groups in total. The summed E-state index contributed by atoms with van der Waals surface area (Å²) in [5, 5.41) is 39.7. The Morgan fingerprint density at radius 2 is 1.49 bits per heavy atom. The average molecular weight is 1020 g/mol. The van der Waals surface area contributed by atoms with Crippen LogP contribution in [0.1, 0.15) is 108 Å². The van der Waals surface area contributed by atoms with Gasteiger partial charge < -0.3 is 59.5 Å². The van der Waals surface area contributed by atoms with E-state index < -0.39 is 29.7 Å². The van der Waals surface area contributed by atoms with Crippen LogP contribution in [-0.2, 0) is 24.1 Å². The number of ether oxygens (including phenoxy) is 4. The number of aryl methyl sites for hydroxylation is 1. The number of benzene rings is 4. The predicted molar refractivity (Wildman–Crippen MR) is 287 cm³/mol. The maximum absolute atomic E-state index is 14.0. The summed E-state index contributed by atoms with van der Waals surface area (Å²) in [6.45, 7) is 18.1. The average Bonchev–Trinajstić information content (AvgIpc) is 3.34. The SMILES string of the molecule is COc1c(CC=C(C)C)cc(C(=O)Nc2cc3ccc(OCCCNCC(=O)O)c(C)c3oc2=O)cc1CC(C)=CCc1cc(C(=O)NC2=Cc3ccc(OCCCN(C)C(C)(C)C)c(C)c3OC2O)ccc1O. The number of methoxy groups -OCH3 is 1. The van der Waals surface area contributed by atoms with Crippen molar-refractivity contribution >= 4 is 40.5 Å². The summed E-state index contributed by atoms with van der Waals surface area (Å²) in [6.07, 6.45) is 6.71. The van der Waals surface area contributed by atoms with E-state index in [0.717, 1.165) is 40.8 Å². The number of carbonyl (C=O) groups excluding carboxylic acids is 2. The molecule has 0 spiro atoms. The summed E-state index contributed by atoms with van der Waals surface area (Å²) in [7, 11) is 3.66. The lowest BCUT2D eigenvalue weighted by Crippen LogP contribution is -2.39. The van der Waals surface area contributed by atoms with Gasteiger partial charge in [0.05, 0.1) is 32.6 Å². The van der Waals surface area contributed by atoms with E-state index in [9.17, 15) is 29.4 Å². The Morgan fingerprint density at radius 1 is 0.824 bits per heavy atom. The van der Waals surface area contributed by atoms with Crippen molar-refractivity contribution in [3.05, 3.63) is 145 Å². The van der Waals surface area contributed by atoms with Crippen molar-refractivity contribution in [2.45, 2.75) is 99.3 Å². The van der Waals surface area contributed by atoms with E-state index in [4.69, 9.17) is 28.5 Å². The Labute approximate surface area is 432 Å². The Morgan fingerprint density at radius 3 is 2.19 bits per heavy atom. The summed E-state index contributed by atoms with van der Waals surface area (Å²) in [5.41, 5.74) is 6.27. The minimum Gasteiger partial charge on any atom is -0.508 e. The highest BCUT2D eigenvalue weighted by Gasteiger charge is 2.26. The fourth-order valence-corrected chi connectivity index (χ4v) is 8.27. The number of carboxylic acids is 1. The molecule has 16 heteroatoms. The molecule has 1 aromatic heterocycles. The lowest BCUT2D eigenvalue weighted by atomic mass is 9.95. The number of hydrogen-bond donors (Lipinski definition) is 6. The van der Waals surface area contributed by atoms with Crippen molar-refractivity contribution in [1.29, 1.82) is 0 Å². The molecule has 1 unspecified atom stereocenters. The largest absolute Gasteiger partial charge is 0.508 e. The number of carbonyl (C=O) groups is 3. The number of allylic oxidation sites excluding steroid dienone is 4. The van der Waals surface area contributed by atoms with Gasteiger partial charge in [0.25, 0.3) is 11.8 Å². The first-order valence-corrected chi connectivity index (χ1v) is 24.7. The van der Waals surface area contributed by atoms with E-state index >= 15 is 0 Å². The number of nitrogens with one attached hydrogen (secondary N) is 3. The number of hydrogen-bond acceptors (Lipinski definition) is 13. The third-order valence-corrected chi connectivity index (χ3v) is 12.8. The van der Waals surface area contributed by atoms with Crippen LogP contribution >= 0.6 is 0 Å². The van der Waals surface area contributed by atoms with Crippen molar-refractivity contribution in [3.63, 3.8) is 0 Å². The predicted octanol–water partition coefficient (Wildman–Crippen LogP) is 9.04. The Bertz CT molecular complexity index is 3030.